The predicted octanol–water partition coefficient (Wildman–Crippen LogP) is 4.47. The third kappa shape index (κ3) is 4.59. The van der Waals surface area contributed by atoms with E-state index in [4.69, 9.17) is 9.47 Å². The van der Waals surface area contributed by atoms with Crippen LogP contribution < -0.4 is 9.47 Å². The number of rotatable bonds is 6. The molecule has 1 aromatic heterocycles. The topological polar surface area (TPSA) is 51.7 Å². The van der Waals surface area contributed by atoms with Crippen LogP contribution in [0, 0.1) is 0 Å². The zero-order valence-electron chi connectivity index (χ0n) is 15.7. The molecule has 0 spiro atoms. The van der Waals surface area contributed by atoms with Crippen molar-refractivity contribution in [3.05, 3.63) is 48.5 Å². The van der Waals surface area contributed by atoms with E-state index in [2.05, 4.69) is 11.1 Å². The van der Waals surface area contributed by atoms with Crippen LogP contribution in [0.5, 0.6) is 10.9 Å². The quantitative estimate of drug-likeness (QED) is 0.557. The number of likely N-dealkylation sites (tertiary alicyclic amines) is 1. The van der Waals surface area contributed by atoms with Crippen molar-refractivity contribution < 1.29 is 14.3 Å². The molecule has 0 aliphatic carbocycles. The molecule has 2 aromatic carbocycles. The maximum absolute atomic E-state index is 12.5. The SMILES string of the molecule is COc1ccc(SCC(=O)N2CCC(Oc3nc4ccccc4s3)CC2)cc1. The van der Waals surface area contributed by atoms with Gasteiger partial charge in [0.1, 0.15) is 11.9 Å². The number of fused-ring (bicyclic) bond motifs is 1. The number of carbonyl (C=O) groups is 1. The van der Waals surface area contributed by atoms with E-state index in [0.29, 0.717) is 5.75 Å². The highest BCUT2D eigenvalue weighted by molar-refractivity contribution is 8.00. The van der Waals surface area contributed by atoms with Crippen molar-refractivity contribution in [3.63, 3.8) is 0 Å². The van der Waals surface area contributed by atoms with Crippen LogP contribution in [-0.2, 0) is 4.79 Å². The molecule has 28 heavy (non-hydrogen) atoms. The number of amides is 1. The molecule has 5 nitrogen and oxygen atoms in total. The lowest BCUT2D eigenvalue weighted by Gasteiger charge is -2.31. The molecule has 0 saturated carbocycles. The third-order valence-electron chi connectivity index (χ3n) is 4.76. The van der Waals surface area contributed by atoms with Gasteiger partial charge in [0.25, 0.3) is 5.19 Å². The van der Waals surface area contributed by atoms with Crippen molar-refractivity contribution in [3.8, 4) is 10.9 Å². The molecule has 1 aliphatic heterocycles. The number of piperidine rings is 1. The average Bonchev–Trinajstić information content (AvgIpc) is 3.15. The maximum atomic E-state index is 12.5. The average molecular weight is 415 g/mol. The molecule has 1 amide bonds. The molecule has 2 heterocycles. The highest BCUT2D eigenvalue weighted by atomic mass is 32.2. The van der Waals surface area contributed by atoms with Crippen molar-refractivity contribution in [1.29, 1.82) is 0 Å². The van der Waals surface area contributed by atoms with Gasteiger partial charge in [-0.15, -0.1) is 11.8 Å². The second kappa shape index (κ2) is 8.84. The van der Waals surface area contributed by atoms with E-state index in [1.807, 2.05) is 47.4 Å². The van der Waals surface area contributed by atoms with Crippen LogP contribution in [0.1, 0.15) is 12.8 Å². The molecular weight excluding hydrogens is 392 g/mol. The van der Waals surface area contributed by atoms with Crippen molar-refractivity contribution in [1.82, 2.24) is 9.88 Å². The Morgan fingerprint density at radius 2 is 1.93 bits per heavy atom. The summed E-state index contributed by atoms with van der Waals surface area (Å²) in [5.74, 6) is 1.46. The van der Waals surface area contributed by atoms with E-state index in [0.717, 1.165) is 52.0 Å². The maximum Gasteiger partial charge on any atom is 0.274 e. The smallest absolute Gasteiger partial charge is 0.274 e. The van der Waals surface area contributed by atoms with Gasteiger partial charge in [0.05, 0.1) is 23.1 Å². The van der Waals surface area contributed by atoms with E-state index in [1.165, 1.54) is 0 Å². The highest BCUT2D eigenvalue weighted by Gasteiger charge is 2.24. The Hall–Kier alpha value is -2.25. The molecule has 1 fully saturated rings. The molecule has 0 radical (unpaired) electrons. The summed E-state index contributed by atoms with van der Waals surface area (Å²) < 4.78 is 12.4. The number of ether oxygens (including phenoxy) is 2. The number of hydrogen-bond acceptors (Lipinski definition) is 6. The molecule has 4 rings (SSSR count). The molecular formula is C21H22N2O3S2. The summed E-state index contributed by atoms with van der Waals surface area (Å²) in [4.78, 5) is 20.1. The van der Waals surface area contributed by atoms with Crippen LogP contribution in [0.4, 0.5) is 0 Å². The van der Waals surface area contributed by atoms with Crippen molar-refractivity contribution in [2.24, 2.45) is 0 Å². The number of aromatic nitrogens is 1. The van der Waals surface area contributed by atoms with E-state index >= 15 is 0 Å². The van der Waals surface area contributed by atoms with E-state index in [1.54, 1.807) is 30.2 Å². The van der Waals surface area contributed by atoms with Gasteiger partial charge in [-0.1, -0.05) is 23.5 Å². The molecule has 0 unspecified atom stereocenters. The van der Waals surface area contributed by atoms with Gasteiger partial charge in [-0.25, -0.2) is 4.98 Å². The summed E-state index contributed by atoms with van der Waals surface area (Å²) >= 11 is 3.14. The number of thiazole rings is 1. The van der Waals surface area contributed by atoms with E-state index in [-0.39, 0.29) is 12.0 Å². The van der Waals surface area contributed by atoms with Gasteiger partial charge >= 0.3 is 0 Å². The fraction of sp³-hybridized carbons (Fsp3) is 0.333. The second-order valence-electron chi connectivity index (χ2n) is 6.61. The number of para-hydroxylation sites is 1. The monoisotopic (exact) mass is 414 g/mol. The molecule has 7 heteroatoms. The fourth-order valence-electron chi connectivity index (χ4n) is 3.18. The Morgan fingerprint density at radius 1 is 1.18 bits per heavy atom. The summed E-state index contributed by atoms with van der Waals surface area (Å²) in [6.45, 7) is 1.47. The van der Waals surface area contributed by atoms with Crippen LogP contribution >= 0.6 is 23.1 Å². The van der Waals surface area contributed by atoms with Crippen molar-refractivity contribution in [2.45, 2.75) is 23.8 Å². The fourth-order valence-corrected chi connectivity index (χ4v) is 4.86. The third-order valence-corrected chi connectivity index (χ3v) is 6.68. The Morgan fingerprint density at radius 3 is 2.64 bits per heavy atom. The standard InChI is InChI=1S/C21H22N2O3S2/c1-25-15-6-8-17(9-7-15)27-14-20(24)23-12-10-16(11-13-23)26-21-22-18-4-2-3-5-19(18)28-21/h2-9,16H,10-14H2,1H3. The van der Waals surface area contributed by atoms with Gasteiger partial charge in [0.2, 0.25) is 5.91 Å². The molecule has 0 N–H and O–H groups in total. The number of methoxy groups -OCH3 is 1. The first-order chi connectivity index (χ1) is 13.7. The first kappa shape index (κ1) is 19.1. The van der Waals surface area contributed by atoms with Crippen LogP contribution in [0.25, 0.3) is 10.2 Å². The minimum Gasteiger partial charge on any atom is -0.497 e. The number of benzene rings is 2. The summed E-state index contributed by atoms with van der Waals surface area (Å²) in [7, 11) is 1.65. The lowest BCUT2D eigenvalue weighted by molar-refractivity contribution is -0.130. The molecule has 0 bridgehead atoms. The Balaban J connectivity index is 1.24. The van der Waals surface area contributed by atoms with Crippen molar-refractivity contribution >= 4 is 39.2 Å². The second-order valence-corrected chi connectivity index (χ2v) is 8.65. The van der Waals surface area contributed by atoms with Crippen LogP contribution in [-0.4, -0.2) is 47.8 Å². The van der Waals surface area contributed by atoms with Gasteiger partial charge in [0, 0.05) is 30.8 Å². The highest BCUT2D eigenvalue weighted by Crippen LogP contribution is 2.29. The van der Waals surface area contributed by atoms with Crippen LogP contribution in [0.3, 0.4) is 0 Å². The van der Waals surface area contributed by atoms with Crippen molar-refractivity contribution in [2.75, 3.05) is 26.0 Å². The predicted molar refractivity (Wildman–Crippen MR) is 114 cm³/mol. The molecule has 0 atom stereocenters. The Bertz CT molecular complexity index is 901. The zero-order chi connectivity index (χ0) is 19.3. The first-order valence-electron chi connectivity index (χ1n) is 9.28. The summed E-state index contributed by atoms with van der Waals surface area (Å²) in [6, 6.07) is 15.8. The van der Waals surface area contributed by atoms with Gasteiger partial charge in [-0.2, -0.15) is 0 Å². The molecule has 3 aromatic rings. The van der Waals surface area contributed by atoms with E-state index < -0.39 is 0 Å². The molecule has 1 aliphatic rings. The summed E-state index contributed by atoms with van der Waals surface area (Å²) in [5.41, 5.74) is 0.977. The lowest BCUT2D eigenvalue weighted by Crippen LogP contribution is -2.42. The van der Waals surface area contributed by atoms with Gasteiger partial charge < -0.3 is 14.4 Å². The van der Waals surface area contributed by atoms with Gasteiger partial charge in [0.15, 0.2) is 0 Å². The minimum absolute atomic E-state index is 0.124. The largest absolute Gasteiger partial charge is 0.497 e. The first-order valence-corrected chi connectivity index (χ1v) is 11.1. The molecule has 146 valence electrons. The molecule has 1 saturated heterocycles. The van der Waals surface area contributed by atoms with Gasteiger partial charge in [-0.05, 0) is 36.4 Å². The number of hydrogen-bond donors (Lipinski definition) is 0. The lowest BCUT2D eigenvalue weighted by atomic mass is 10.1. The Kier molecular flexibility index (Phi) is 6.02. The number of carbonyl (C=O) groups excluding carboxylic acids is 1. The van der Waals surface area contributed by atoms with Crippen LogP contribution in [0.2, 0.25) is 0 Å². The zero-order valence-corrected chi connectivity index (χ0v) is 17.3. The normalized spacial score (nSPS) is 15.0. The Labute approximate surface area is 172 Å². The number of nitrogens with zero attached hydrogens (tertiary/aromatic N) is 2. The summed E-state index contributed by atoms with van der Waals surface area (Å²) in [5, 5.41) is 0.723. The summed E-state index contributed by atoms with van der Waals surface area (Å²) in [6.07, 6.45) is 1.81. The minimum atomic E-state index is 0.124. The van der Waals surface area contributed by atoms with Gasteiger partial charge in [-0.3, -0.25) is 4.79 Å². The number of thioether (sulfide) groups is 1. The van der Waals surface area contributed by atoms with Crippen LogP contribution in [0.15, 0.2) is 53.4 Å². The van der Waals surface area contributed by atoms with E-state index in [9.17, 15) is 4.79 Å².